The lowest BCUT2D eigenvalue weighted by Gasteiger charge is -2.63. The molecular formula is C22H30FNO3S2. The summed E-state index contributed by atoms with van der Waals surface area (Å²) < 4.78 is 16.7. The van der Waals surface area contributed by atoms with Gasteiger partial charge in [0.25, 0.3) is 0 Å². The van der Waals surface area contributed by atoms with Crippen LogP contribution in [0.3, 0.4) is 0 Å². The van der Waals surface area contributed by atoms with Crippen molar-refractivity contribution in [1.82, 2.24) is 0 Å². The third-order valence-corrected chi connectivity index (χ3v) is 12.2. The number of amides is 1. The van der Waals surface area contributed by atoms with Gasteiger partial charge in [0, 0.05) is 11.3 Å². The number of thioether (sulfide) groups is 2. The van der Waals surface area contributed by atoms with Crippen molar-refractivity contribution in [3.8, 4) is 0 Å². The van der Waals surface area contributed by atoms with Gasteiger partial charge in [0.15, 0.2) is 11.5 Å². The number of aliphatic hydroxyl groups excluding tert-OH is 1. The van der Waals surface area contributed by atoms with Gasteiger partial charge in [-0.3, -0.25) is 9.59 Å². The number of carbonyl (C=O) groups is 2. The summed E-state index contributed by atoms with van der Waals surface area (Å²) in [5.41, 5.74) is 3.21. The van der Waals surface area contributed by atoms with Gasteiger partial charge < -0.3 is 10.8 Å². The molecule has 4 aliphatic rings. The molecule has 1 unspecified atom stereocenters. The number of fused-ring (bicyclic) bond motifs is 5. The summed E-state index contributed by atoms with van der Waals surface area (Å²) in [7, 11) is 0. The van der Waals surface area contributed by atoms with Crippen LogP contribution in [-0.4, -0.2) is 44.7 Å². The van der Waals surface area contributed by atoms with Gasteiger partial charge >= 0.3 is 0 Å². The van der Waals surface area contributed by atoms with Gasteiger partial charge in [-0.25, -0.2) is 4.39 Å². The van der Waals surface area contributed by atoms with Gasteiger partial charge in [-0.1, -0.05) is 18.6 Å². The Hall–Kier alpha value is -0.790. The SMILES string of the molecule is CS[C@]1(SCC(N)=O)CC[C@H]2[C@@H]3CCC4=CC(=O)C=C[C@]4(C)C3(F)[C@@H](O)C[C@@]21C. The van der Waals surface area contributed by atoms with Crippen molar-refractivity contribution in [3.05, 3.63) is 23.8 Å². The van der Waals surface area contributed by atoms with E-state index in [0.717, 1.165) is 18.4 Å². The minimum absolute atomic E-state index is 0.0974. The third kappa shape index (κ3) is 2.69. The van der Waals surface area contributed by atoms with Crippen LogP contribution in [-0.2, 0) is 9.59 Å². The van der Waals surface area contributed by atoms with Gasteiger partial charge in [0.1, 0.15) is 0 Å². The molecule has 0 aromatic heterocycles. The normalized spacial score (nSPS) is 48.5. The lowest BCUT2D eigenvalue weighted by molar-refractivity contribution is -0.189. The van der Waals surface area contributed by atoms with Crippen molar-refractivity contribution in [1.29, 1.82) is 0 Å². The van der Waals surface area contributed by atoms with E-state index in [4.69, 9.17) is 5.73 Å². The van der Waals surface area contributed by atoms with Gasteiger partial charge in [0.2, 0.25) is 5.91 Å². The first-order valence-electron chi connectivity index (χ1n) is 10.3. The quantitative estimate of drug-likeness (QED) is 0.654. The molecule has 4 nitrogen and oxygen atoms in total. The minimum Gasteiger partial charge on any atom is -0.390 e. The maximum Gasteiger partial charge on any atom is 0.227 e. The number of allylic oxidation sites excluding steroid dienone is 4. The van der Waals surface area contributed by atoms with E-state index in [0.29, 0.717) is 19.3 Å². The lowest BCUT2D eigenvalue weighted by Crippen LogP contribution is -2.67. The van der Waals surface area contributed by atoms with Crippen molar-refractivity contribution in [3.63, 3.8) is 0 Å². The van der Waals surface area contributed by atoms with Crippen LogP contribution < -0.4 is 5.73 Å². The van der Waals surface area contributed by atoms with E-state index in [2.05, 4.69) is 6.92 Å². The van der Waals surface area contributed by atoms with E-state index in [1.54, 1.807) is 35.7 Å². The van der Waals surface area contributed by atoms with Gasteiger partial charge in [-0.05, 0) is 68.8 Å². The first-order chi connectivity index (χ1) is 13.5. The Kier molecular flexibility index (Phi) is 5.07. The molecule has 0 spiro atoms. The predicted octanol–water partition coefficient (Wildman–Crippen LogP) is 3.64. The van der Waals surface area contributed by atoms with Crippen molar-refractivity contribution >= 4 is 35.2 Å². The highest BCUT2D eigenvalue weighted by Gasteiger charge is 2.73. The van der Waals surface area contributed by atoms with E-state index in [1.807, 2.05) is 13.2 Å². The topological polar surface area (TPSA) is 80.4 Å². The highest BCUT2D eigenvalue weighted by atomic mass is 32.2. The molecule has 3 saturated carbocycles. The first-order valence-corrected chi connectivity index (χ1v) is 12.5. The molecule has 29 heavy (non-hydrogen) atoms. The van der Waals surface area contributed by atoms with Crippen molar-refractivity contribution in [2.45, 2.75) is 61.8 Å². The number of alkyl halides is 1. The maximum atomic E-state index is 17.0. The number of rotatable bonds is 4. The lowest BCUT2D eigenvalue weighted by atomic mass is 9.46. The van der Waals surface area contributed by atoms with E-state index < -0.39 is 17.2 Å². The number of hydrogen-bond acceptors (Lipinski definition) is 5. The monoisotopic (exact) mass is 439 g/mol. The molecule has 7 heteroatoms. The Balaban J connectivity index is 1.75. The molecule has 0 aromatic rings. The van der Waals surface area contributed by atoms with Gasteiger partial charge in [-0.2, -0.15) is 0 Å². The summed E-state index contributed by atoms with van der Waals surface area (Å²) in [6.45, 7) is 4.02. The second-order valence-electron chi connectivity index (χ2n) is 9.52. The summed E-state index contributed by atoms with van der Waals surface area (Å²) in [5.74, 6) is -0.365. The number of carbonyl (C=O) groups excluding carboxylic acids is 2. The number of primary amides is 1. The summed E-state index contributed by atoms with van der Waals surface area (Å²) in [6, 6.07) is 0. The zero-order valence-corrected chi connectivity index (χ0v) is 18.9. The minimum atomic E-state index is -1.79. The second kappa shape index (κ2) is 6.86. The van der Waals surface area contributed by atoms with Crippen LogP contribution >= 0.6 is 23.5 Å². The summed E-state index contributed by atoms with van der Waals surface area (Å²) >= 11 is 3.29. The first kappa shape index (κ1) is 21.4. The predicted molar refractivity (Wildman–Crippen MR) is 116 cm³/mol. The smallest absolute Gasteiger partial charge is 0.227 e. The van der Waals surface area contributed by atoms with E-state index in [-0.39, 0.29) is 38.8 Å². The molecule has 4 aliphatic carbocycles. The highest BCUT2D eigenvalue weighted by molar-refractivity contribution is 8.18. The van der Waals surface area contributed by atoms with Crippen LogP contribution in [0.1, 0.15) is 46.0 Å². The Morgan fingerprint density at radius 2 is 2.07 bits per heavy atom. The van der Waals surface area contributed by atoms with Crippen molar-refractivity contribution in [2.24, 2.45) is 28.4 Å². The third-order valence-electron chi connectivity index (χ3n) is 8.46. The standard InChI is InChI=1S/C22H30FNO3S2/c1-19-8-6-14(25)10-13(19)4-5-16-15-7-9-21(28-3,29-12-18(24)27)20(15,2)11-17(26)22(16,19)23/h6,8,10,15-17,26H,4-5,7,9,11-12H2,1-3H3,(H2,24,27)/t15-,16-,17-,19-,20-,21-,22?/m0/s1. The van der Waals surface area contributed by atoms with Crippen LogP contribution in [0.15, 0.2) is 23.8 Å². The summed E-state index contributed by atoms with van der Waals surface area (Å²) in [4.78, 5) is 23.4. The molecule has 0 heterocycles. The molecule has 0 radical (unpaired) electrons. The van der Waals surface area contributed by atoms with Crippen molar-refractivity contribution < 1.29 is 19.1 Å². The second-order valence-corrected chi connectivity index (χ2v) is 12.2. The van der Waals surface area contributed by atoms with E-state index >= 15 is 4.39 Å². The zero-order valence-electron chi connectivity index (χ0n) is 17.2. The van der Waals surface area contributed by atoms with Gasteiger partial charge in [0.05, 0.1) is 15.9 Å². The molecule has 160 valence electrons. The fourth-order valence-electron chi connectivity index (χ4n) is 6.98. The summed E-state index contributed by atoms with van der Waals surface area (Å²) in [5, 5.41) is 11.3. The zero-order chi connectivity index (χ0) is 21.2. The largest absolute Gasteiger partial charge is 0.390 e. The Labute approximate surface area is 180 Å². The summed E-state index contributed by atoms with van der Waals surface area (Å²) in [6.07, 6.45) is 9.07. The molecule has 0 saturated heterocycles. The Morgan fingerprint density at radius 1 is 1.34 bits per heavy atom. The van der Waals surface area contributed by atoms with Crippen LogP contribution in [0.25, 0.3) is 0 Å². The number of aliphatic hydroxyl groups is 1. The molecule has 3 N–H and O–H groups in total. The molecule has 3 fully saturated rings. The molecule has 7 atom stereocenters. The van der Waals surface area contributed by atoms with Gasteiger partial charge in [-0.15, -0.1) is 23.5 Å². The van der Waals surface area contributed by atoms with Crippen LogP contribution in [0.5, 0.6) is 0 Å². The maximum absolute atomic E-state index is 17.0. The van der Waals surface area contributed by atoms with E-state index in [9.17, 15) is 14.7 Å². The number of hydrogen-bond donors (Lipinski definition) is 2. The molecule has 1 amide bonds. The van der Waals surface area contributed by atoms with Crippen LogP contribution in [0, 0.1) is 22.7 Å². The van der Waals surface area contributed by atoms with Crippen molar-refractivity contribution in [2.75, 3.05) is 12.0 Å². The average Bonchev–Trinajstić information content (AvgIpc) is 2.94. The number of ketones is 1. The van der Waals surface area contributed by atoms with E-state index in [1.165, 1.54) is 6.08 Å². The molecule has 0 aliphatic heterocycles. The average molecular weight is 440 g/mol. The Bertz CT molecular complexity index is 816. The molecule has 0 bridgehead atoms. The van der Waals surface area contributed by atoms with Crippen LogP contribution in [0.4, 0.5) is 4.39 Å². The molecule has 0 aromatic carbocycles. The number of halogens is 1. The number of nitrogens with two attached hydrogens (primary N) is 1. The fourth-order valence-corrected chi connectivity index (χ4v) is 9.85. The molecule has 4 rings (SSSR count). The Morgan fingerprint density at radius 3 is 2.72 bits per heavy atom. The van der Waals surface area contributed by atoms with Crippen LogP contribution in [0.2, 0.25) is 0 Å². The molecular weight excluding hydrogens is 409 g/mol. The fraction of sp³-hybridized carbons (Fsp3) is 0.727. The highest BCUT2D eigenvalue weighted by Crippen LogP contribution is 2.73.